The van der Waals surface area contributed by atoms with Gasteiger partial charge >= 0.3 is 0 Å². The molecule has 5 nitrogen and oxygen atoms in total. The molecule has 24 heavy (non-hydrogen) atoms. The predicted octanol–water partition coefficient (Wildman–Crippen LogP) is 2.48. The average molecular weight is 328 g/mol. The van der Waals surface area contributed by atoms with Crippen molar-refractivity contribution in [3.05, 3.63) is 59.7 Å². The molecule has 1 atom stereocenters. The van der Waals surface area contributed by atoms with Crippen molar-refractivity contribution < 1.29 is 14.6 Å². The third-order valence-corrected chi connectivity index (χ3v) is 3.40. The zero-order valence-corrected chi connectivity index (χ0v) is 14.1. The van der Waals surface area contributed by atoms with Crippen LogP contribution in [0, 0.1) is 6.92 Å². The fourth-order valence-corrected chi connectivity index (χ4v) is 2.11. The molecule has 2 rings (SSSR count). The minimum absolute atomic E-state index is 0.0342. The van der Waals surface area contributed by atoms with Gasteiger partial charge in [-0.25, -0.2) is 0 Å². The quantitative estimate of drug-likeness (QED) is 0.696. The Kier molecular flexibility index (Phi) is 6.78. The third-order valence-electron chi connectivity index (χ3n) is 3.40. The van der Waals surface area contributed by atoms with Crippen LogP contribution in [0.4, 0.5) is 5.69 Å². The van der Waals surface area contributed by atoms with E-state index in [4.69, 9.17) is 4.74 Å². The summed E-state index contributed by atoms with van der Waals surface area (Å²) in [4.78, 5) is 11.9. The van der Waals surface area contributed by atoms with E-state index >= 15 is 0 Å². The lowest BCUT2D eigenvalue weighted by atomic mass is 10.2. The van der Waals surface area contributed by atoms with Gasteiger partial charge in [0, 0.05) is 18.8 Å². The number of hydrogen-bond acceptors (Lipinski definition) is 4. The van der Waals surface area contributed by atoms with Crippen LogP contribution in [0.25, 0.3) is 0 Å². The van der Waals surface area contributed by atoms with Gasteiger partial charge in [-0.1, -0.05) is 29.8 Å². The molecule has 3 N–H and O–H groups in total. The molecule has 0 aliphatic rings. The van der Waals surface area contributed by atoms with E-state index in [9.17, 15) is 9.90 Å². The van der Waals surface area contributed by atoms with Gasteiger partial charge in [-0.05, 0) is 43.7 Å². The molecule has 128 valence electrons. The molecule has 5 heteroatoms. The van der Waals surface area contributed by atoms with Crippen molar-refractivity contribution in [3.63, 3.8) is 0 Å². The lowest BCUT2D eigenvalue weighted by molar-refractivity contribution is -0.118. The molecule has 0 spiro atoms. The van der Waals surface area contributed by atoms with E-state index in [0.29, 0.717) is 18.8 Å². The highest BCUT2D eigenvalue weighted by atomic mass is 16.5. The largest absolute Gasteiger partial charge is 0.484 e. The fourth-order valence-electron chi connectivity index (χ4n) is 2.11. The van der Waals surface area contributed by atoms with Gasteiger partial charge in [-0.2, -0.15) is 0 Å². The zero-order chi connectivity index (χ0) is 17.4. The van der Waals surface area contributed by atoms with Crippen LogP contribution < -0.4 is 15.4 Å². The number of aliphatic hydroxyl groups is 1. The number of nitrogens with one attached hydrogen (secondary N) is 2. The number of rotatable bonds is 8. The molecular formula is C19H24N2O3. The second kappa shape index (κ2) is 9.05. The summed E-state index contributed by atoms with van der Waals surface area (Å²) < 4.78 is 5.49. The normalized spacial score (nSPS) is 11.8. The number of hydrogen-bond donors (Lipinski definition) is 3. The van der Waals surface area contributed by atoms with E-state index < -0.39 is 0 Å². The molecule has 0 aromatic heterocycles. The summed E-state index contributed by atoms with van der Waals surface area (Å²) in [6.45, 7) is 4.94. The maximum absolute atomic E-state index is 11.9. The maximum Gasteiger partial charge on any atom is 0.262 e. The number of carbonyl (C=O) groups excluding carboxylic acids is 1. The molecule has 0 aliphatic carbocycles. The van der Waals surface area contributed by atoms with Crippen LogP contribution in [0.15, 0.2) is 48.5 Å². The Labute approximate surface area is 142 Å². The van der Waals surface area contributed by atoms with Crippen LogP contribution in [-0.2, 0) is 11.3 Å². The Morgan fingerprint density at radius 1 is 1.12 bits per heavy atom. The number of ether oxygens (including phenoxy) is 1. The Morgan fingerprint density at radius 3 is 2.42 bits per heavy atom. The minimum atomic E-state index is -0.361. The third kappa shape index (κ3) is 6.40. The van der Waals surface area contributed by atoms with Gasteiger partial charge in [0.2, 0.25) is 0 Å². The first-order valence-corrected chi connectivity index (χ1v) is 8.00. The van der Waals surface area contributed by atoms with Gasteiger partial charge < -0.3 is 20.5 Å². The summed E-state index contributed by atoms with van der Waals surface area (Å²) in [5.41, 5.74) is 2.99. The molecule has 0 bridgehead atoms. The Balaban J connectivity index is 1.75. The van der Waals surface area contributed by atoms with E-state index in [0.717, 1.165) is 16.8 Å². The van der Waals surface area contributed by atoms with Crippen molar-refractivity contribution >= 4 is 11.6 Å². The molecule has 0 saturated heterocycles. The molecule has 0 radical (unpaired) electrons. The summed E-state index contributed by atoms with van der Waals surface area (Å²) in [6.07, 6.45) is -0.361. The standard InChI is InChI=1S/C19H24N2O3/c1-14-3-7-17(8-4-14)21-19(23)13-24-18-9-5-16(6-10-18)12-20-11-15(2)22/h3-10,15,20,22H,11-13H2,1-2H3,(H,21,23)/t15-/m1/s1. The lowest BCUT2D eigenvalue weighted by Gasteiger charge is -2.09. The summed E-state index contributed by atoms with van der Waals surface area (Å²) in [7, 11) is 0. The molecular weight excluding hydrogens is 304 g/mol. The van der Waals surface area contributed by atoms with Crippen LogP contribution in [-0.4, -0.2) is 30.3 Å². The van der Waals surface area contributed by atoms with E-state index in [1.54, 1.807) is 6.92 Å². The Bertz CT molecular complexity index is 637. The van der Waals surface area contributed by atoms with Crippen LogP contribution in [0.1, 0.15) is 18.1 Å². The molecule has 1 amide bonds. The first-order valence-electron chi connectivity index (χ1n) is 8.00. The molecule has 2 aromatic carbocycles. The van der Waals surface area contributed by atoms with Crippen molar-refractivity contribution in [1.82, 2.24) is 5.32 Å². The summed E-state index contributed by atoms with van der Waals surface area (Å²) in [6, 6.07) is 15.1. The van der Waals surface area contributed by atoms with Gasteiger partial charge in [-0.3, -0.25) is 4.79 Å². The second-order valence-electron chi connectivity index (χ2n) is 5.83. The fraction of sp³-hybridized carbons (Fsp3) is 0.316. The number of benzene rings is 2. The number of aryl methyl sites for hydroxylation is 1. The SMILES string of the molecule is Cc1ccc(NC(=O)COc2ccc(CNC[C@@H](C)O)cc2)cc1. The zero-order valence-electron chi connectivity index (χ0n) is 14.1. The Morgan fingerprint density at radius 2 is 1.79 bits per heavy atom. The number of carbonyl (C=O) groups is 1. The minimum Gasteiger partial charge on any atom is -0.484 e. The van der Waals surface area contributed by atoms with Crippen molar-refractivity contribution in [2.75, 3.05) is 18.5 Å². The van der Waals surface area contributed by atoms with E-state index in [-0.39, 0.29) is 18.6 Å². The molecule has 2 aromatic rings. The highest BCUT2D eigenvalue weighted by Gasteiger charge is 2.04. The second-order valence-corrected chi connectivity index (χ2v) is 5.83. The first-order chi connectivity index (χ1) is 11.5. The monoisotopic (exact) mass is 328 g/mol. The van der Waals surface area contributed by atoms with Crippen molar-refractivity contribution in [2.24, 2.45) is 0 Å². The summed E-state index contributed by atoms with van der Waals surface area (Å²) in [5.74, 6) is 0.454. The molecule has 0 fully saturated rings. The van der Waals surface area contributed by atoms with Crippen LogP contribution in [0.3, 0.4) is 0 Å². The van der Waals surface area contributed by atoms with Crippen LogP contribution in [0.2, 0.25) is 0 Å². The van der Waals surface area contributed by atoms with Crippen molar-refractivity contribution in [3.8, 4) is 5.75 Å². The van der Waals surface area contributed by atoms with Crippen LogP contribution >= 0.6 is 0 Å². The first kappa shape index (κ1) is 18.0. The number of anilines is 1. The molecule has 0 heterocycles. The predicted molar refractivity (Wildman–Crippen MR) is 95.1 cm³/mol. The van der Waals surface area contributed by atoms with E-state index in [1.165, 1.54) is 0 Å². The molecule has 0 saturated carbocycles. The van der Waals surface area contributed by atoms with Crippen LogP contribution in [0.5, 0.6) is 5.75 Å². The Hall–Kier alpha value is -2.37. The highest BCUT2D eigenvalue weighted by Crippen LogP contribution is 2.13. The van der Waals surface area contributed by atoms with E-state index in [1.807, 2.05) is 55.5 Å². The molecule has 0 unspecified atom stereocenters. The van der Waals surface area contributed by atoms with Crippen molar-refractivity contribution in [1.29, 1.82) is 0 Å². The summed E-state index contributed by atoms with van der Waals surface area (Å²) in [5, 5.41) is 15.1. The van der Waals surface area contributed by atoms with Crippen molar-refractivity contribution in [2.45, 2.75) is 26.5 Å². The van der Waals surface area contributed by atoms with Gasteiger partial charge in [-0.15, -0.1) is 0 Å². The lowest BCUT2D eigenvalue weighted by Crippen LogP contribution is -2.23. The van der Waals surface area contributed by atoms with Gasteiger partial charge in [0.15, 0.2) is 6.61 Å². The topological polar surface area (TPSA) is 70.6 Å². The maximum atomic E-state index is 11.9. The van der Waals surface area contributed by atoms with Gasteiger partial charge in [0.05, 0.1) is 6.10 Å². The smallest absolute Gasteiger partial charge is 0.262 e. The van der Waals surface area contributed by atoms with E-state index in [2.05, 4.69) is 10.6 Å². The van der Waals surface area contributed by atoms with Gasteiger partial charge in [0.25, 0.3) is 5.91 Å². The average Bonchev–Trinajstić information content (AvgIpc) is 2.56. The number of amides is 1. The number of aliphatic hydroxyl groups excluding tert-OH is 1. The molecule has 0 aliphatic heterocycles. The van der Waals surface area contributed by atoms with Gasteiger partial charge in [0.1, 0.15) is 5.75 Å². The highest BCUT2D eigenvalue weighted by molar-refractivity contribution is 5.91. The summed E-state index contributed by atoms with van der Waals surface area (Å²) >= 11 is 0.